The minimum Gasteiger partial charge on any atom is -0.378 e. The van der Waals surface area contributed by atoms with Gasteiger partial charge < -0.3 is 14.5 Å². The predicted molar refractivity (Wildman–Crippen MR) is 128 cm³/mol. The van der Waals surface area contributed by atoms with Crippen molar-refractivity contribution in [2.75, 3.05) is 37.0 Å². The van der Waals surface area contributed by atoms with E-state index in [9.17, 15) is 8.42 Å². The van der Waals surface area contributed by atoms with Crippen LogP contribution in [0.1, 0.15) is 30.5 Å². The van der Waals surface area contributed by atoms with Gasteiger partial charge in [-0.2, -0.15) is 0 Å². The molecule has 0 aliphatic carbocycles. The van der Waals surface area contributed by atoms with Gasteiger partial charge in [0.05, 0.1) is 12.4 Å². The van der Waals surface area contributed by atoms with Crippen molar-refractivity contribution in [3.63, 3.8) is 0 Å². The molecule has 0 aromatic heterocycles. The third kappa shape index (κ3) is 3.79. The molecule has 0 spiro atoms. The van der Waals surface area contributed by atoms with Gasteiger partial charge in [-0.25, -0.2) is 8.42 Å². The van der Waals surface area contributed by atoms with Crippen LogP contribution < -0.4 is 9.80 Å². The van der Waals surface area contributed by atoms with E-state index in [2.05, 4.69) is 72.2 Å². The van der Waals surface area contributed by atoms with E-state index in [4.69, 9.17) is 4.74 Å². The van der Waals surface area contributed by atoms with Crippen molar-refractivity contribution < 1.29 is 13.2 Å². The van der Waals surface area contributed by atoms with Crippen LogP contribution in [0.25, 0.3) is 6.08 Å². The van der Waals surface area contributed by atoms with Crippen LogP contribution >= 0.6 is 0 Å². The molecule has 0 radical (unpaired) electrons. The summed E-state index contributed by atoms with van der Waals surface area (Å²) in [6.07, 6.45) is 8.33. The summed E-state index contributed by atoms with van der Waals surface area (Å²) in [7, 11) is 1.62. The second kappa shape index (κ2) is 8.17. The summed E-state index contributed by atoms with van der Waals surface area (Å²) < 4.78 is 28.8. The van der Waals surface area contributed by atoms with Crippen molar-refractivity contribution in [2.45, 2.75) is 30.7 Å². The maximum atomic E-state index is 11.2. The number of hydrogen-bond acceptors (Lipinski definition) is 5. The molecule has 5 nitrogen and oxygen atoms in total. The SMILES string of the molecule is CN(C)c1ccc(/C=C/C=C/C23OCCN2c2cc(C[SH](=O)=O)ccc2C3(C)C)cc1. The molecule has 2 aromatic rings. The van der Waals surface area contributed by atoms with Gasteiger partial charge in [-0.15, -0.1) is 0 Å². The predicted octanol–water partition coefficient (Wildman–Crippen LogP) is 3.96. The van der Waals surface area contributed by atoms with Crippen LogP contribution in [0.3, 0.4) is 0 Å². The molecule has 2 aliphatic rings. The molecule has 2 aromatic carbocycles. The first-order valence-electron chi connectivity index (χ1n) is 10.5. The van der Waals surface area contributed by atoms with Gasteiger partial charge in [0.2, 0.25) is 0 Å². The lowest BCUT2D eigenvalue weighted by atomic mass is 9.77. The minimum absolute atomic E-state index is 0.0654. The number of rotatable bonds is 6. The van der Waals surface area contributed by atoms with Crippen LogP contribution in [0.2, 0.25) is 0 Å². The summed E-state index contributed by atoms with van der Waals surface area (Å²) in [4.78, 5) is 4.36. The number of anilines is 2. The molecule has 0 bridgehead atoms. The number of thiol groups is 1. The number of nitrogens with zero attached hydrogens (tertiary/aromatic N) is 2. The Labute approximate surface area is 186 Å². The van der Waals surface area contributed by atoms with E-state index in [1.54, 1.807) is 0 Å². The van der Waals surface area contributed by atoms with Gasteiger partial charge in [-0.05, 0) is 41.0 Å². The number of benzene rings is 2. The maximum Gasteiger partial charge on any atom is 0.170 e. The zero-order valence-corrected chi connectivity index (χ0v) is 19.4. The smallest absolute Gasteiger partial charge is 0.170 e. The highest BCUT2D eigenvalue weighted by Gasteiger charge is 2.59. The van der Waals surface area contributed by atoms with Crippen LogP contribution in [0.4, 0.5) is 11.4 Å². The van der Waals surface area contributed by atoms with E-state index in [1.165, 1.54) is 11.3 Å². The topological polar surface area (TPSA) is 49.9 Å². The Morgan fingerprint density at radius 1 is 1.10 bits per heavy atom. The summed E-state index contributed by atoms with van der Waals surface area (Å²) >= 11 is 0. The van der Waals surface area contributed by atoms with E-state index < -0.39 is 16.4 Å². The lowest BCUT2D eigenvalue weighted by Crippen LogP contribution is -2.51. The molecular formula is C25H30N2O3S. The largest absolute Gasteiger partial charge is 0.378 e. The Bertz CT molecular complexity index is 1090. The third-order valence-corrected chi connectivity index (χ3v) is 7.03. The van der Waals surface area contributed by atoms with Gasteiger partial charge in [-0.3, -0.25) is 0 Å². The highest BCUT2D eigenvalue weighted by molar-refractivity contribution is 7.71. The summed E-state index contributed by atoms with van der Waals surface area (Å²) in [6, 6.07) is 14.4. The standard InChI is InChI=1S/C25H30N2O3S/c1-24(2)22-13-10-20(18-31(28)29)17-23(22)27-15-16-30-25(24,27)14-6-5-7-19-8-11-21(12-9-19)26(3)4/h5-14,17,31H,15-16,18H2,1-4H3/b7-5+,14-6+. The zero-order valence-electron chi connectivity index (χ0n) is 18.5. The van der Waals surface area contributed by atoms with Crippen molar-refractivity contribution in [2.24, 2.45) is 0 Å². The number of allylic oxidation sites excluding steroid dienone is 2. The summed E-state index contributed by atoms with van der Waals surface area (Å²) in [5.74, 6) is 0.0654. The third-order valence-electron chi connectivity index (χ3n) is 6.40. The fraction of sp³-hybridized carbons (Fsp3) is 0.360. The van der Waals surface area contributed by atoms with Crippen LogP contribution in [-0.2, 0) is 26.6 Å². The molecule has 2 aliphatic heterocycles. The molecule has 0 N–H and O–H groups in total. The van der Waals surface area contributed by atoms with E-state index in [-0.39, 0.29) is 11.2 Å². The molecule has 0 amide bonds. The quantitative estimate of drug-likeness (QED) is 0.547. The molecule has 1 unspecified atom stereocenters. The summed E-state index contributed by atoms with van der Waals surface area (Å²) in [5.41, 5.74) is 4.55. The van der Waals surface area contributed by atoms with Gasteiger partial charge in [0.15, 0.2) is 5.72 Å². The van der Waals surface area contributed by atoms with Crippen molar-refractivity contribution in [1.29, 1.82) is 0 Å². The van der Waals surface area contributed by atoms with E-state index in [0.717, 1.165) is 23.4 Å². The van der Waals surface area contributed by atoms with Gasteiger partial charge in [0.1, 0.15) is 10.7 Å². The monoisotopic (exact) mass is 438 g/mol. The Kier molecular flexibility index (Phi) is 5.71. The fourth-order valence-electron chi connectivity index (χ4n) is 4.71. The van der Waals surface area contributed by atoms with E-state index in [0.29, 0.717) is 6.61 Å². The van der Waals surface area contributed by atoms with Crippen molar-refractivity contribution in [3.05, 3.63) is 77.4 Å². The summed E-state index contributed by atoms with van der Waals surface area (Å²) in [5, 5.41) is 0. The molecule has 31 heavy (non-hydrogen) atoms. The Morgan fingerprint density at radius 2 is 1.84 bits per heavy atom. The number of hydrogen-bond donors (Lipinski definition) is 1. The molecule has 6 heteroatoms. The van der Waals surface area contributed by atoms with E-state index >= 15 is 0 Å². The highest BCUT2D eigenvalue weighted by atomic mass is 32.2. The van der Waals surface area contributed by atoms with Crippen LogP contribution in [0, 0.1) is 0 Å². The van der Waals surface area contributed by atoms with Gasteiger partial charge in [-0.1, -0.05) is 56.3 Å². The minimum atomic E-state index is -2.45. The van der Waals surface area contributed by atoms with Gasteiger partial charge >= 0.3 is 0 Å². The second-order valence-electron chi connectivity index (χ2n) is 8.87. The first kappa shape index (κ1) is 21.7. The average molecular weight is 439 g/mol. The second-order valence-corrected chi connectivity index (χ2v) is 9.85. The molecule has 1 fully saturated rings. The normalized spacial score (nSPS) is 21.9. The Morgan fingerprint density at radius 3 is 2.52 bits per heavy atom. The van der Waals surface area contributed by atoms with Gasteiger partial charge in [0, 0.05) is 37.4 Å². The highest BCUT2D eigenvalue weighted by Crippen LogP contribution is 2.55. The average Bonchev–Trinajstić information content (AvgIpc) is 3.22. The first-order valence-corrected chi connectivity index (χ1v) is 11.9. The molecule has 2 heterocycles. The number of fused-ring (bicyclic) bond motifs is 3. The molecule has 4 rings (SSSR count). The summed E-state index contributed by atoms with van der Waals surface area (Å²) in [6.45, 7) is 5.81. The lowest BCUT2D eigenvalue weighted by Gasteiger charge is -2.39. The Balaban J connectivity index is 1.60. The van der Waals surface area contributed by atoms with Crippen molar-refractivity contribution in [1.82, 2.24) is 0 Å². The molecular weight excluding hydrogens is 408 g/mol. The zero-order chi connectivity index (χ0) is 22.2. The van der Waals surface area contributed by atoms with Crippen LogP contribution in [-0.4, -0.2) is 41.4 Å². The lowest BCUT2D eigenvalue weighted by molar-refractivity contribution is -0.000291. The van der Waals surface area contributed by atoms with Crippen LogP contribution in [0.15, 0.2) is 60.7 Å². The molecule has 0 saturated carbocycles. The fourth-order valence-corrected chi connectivity index (χ4v) is 5.20. The maximum absolute atomic E-state index is 11.2. The van der Waals surface area contributed by atoms with Crippen molar-refractivity contribution in [3.8, 4) is 0 Å². The Hall–Kier alpha value is -2.57. The number of ether oxygens (including phenoxy) is 1. The molecule has 1 atom stereocenters. The molecule has 164 valence electrons. The van der Waals surface area contributed by atoms with Gasteiger partial charge in [0.25, 0.3) is 0 Å². The van der Waals surface area contributed by atoms with Crippen LogP contribution in [0.5, 0.6) is 0 Å². The molecule has 1 saturated heterocycles. The van der Waals surface area contributed by atoms with E-state index in [1.807, 2.05) is 32.3 Å². The van der Waals surface area contributed by atoms with Crippen molar-refractivity contribution >= 4 is 28.2 Å². The first-order chi connectivity index (χ1) is 14.7.